The molecule has 21 nitrogen and oxygen atoms in total. The van der Waals surface area contributed by atoms with Crippen LogP contribution in [0.2, 0.25) is 0 Å². The molecule has 1 fully saturated rings. The van der Waals surface area contributed by atoms with E-state index in [1.807, 2.05) is 0 Å². The number of nitrogens with zero attached hydrogens (tertiary/aromatic N) is 2. The number of hydrogen-bond donors (Lipinski definition) is 10. The summed E-state index contributed by atoms with van der Waals surface area (Å²) in [7, 11) is 0. The van der Waals surface area contributed by atoms with Crippen LogP contribution < -0.4 is 43.8 Å². The summed E-state index contributed by atoms with van der Waals surface area (Å²) in [6.07, 6.45) is 17.2. The van der Waals surface area contributed by atoms with E-state index in [-0.39, 0.29) is 50.6 Å². The molecule has 1 heterocycles. The molecular weight excluding hydrogens is 809 g/mol. The van der Waals surface area contributed by atoms with Crippen molar-refractivity contribution >= 4 is 59.2 Å². The number of likely N-dealkylation sites (tertiary alicyclic amines) is 1. The molecule has 0 saturated carbocycles. The van der Waals surface area contributed by atoms with Crippen LogP contribution in [0.1, 0.15) is 148 Å². The fourth-order valence-electron chi connectivity index (χ4n) is 7.02. The Morgan fingerprint density at radius 1 is 0.629 bits per heavy atom. The highest BCUT2D eigenvalue weighted by Crippen LogP contribution is 2.19. The number of hydrogen-bond acceptors (Lipinski definition) is 10. The zero-order valence-corrected chi connectivity index (χ0v) is 36.4. The van der Waals surface area contributed by atoms with Gasteiger partial charge in [-0.25, -0.2) is 4.79 Å². The molecule has 1 unspecified atom stereocenters. The SMILES string of the molecule is CCCCCCCCCCCCCCCCCC(=O)NCC(=O)N[C@H](CCCN=C(N)N)C(=O)NCC(=O)NC(CC(=O)O)C(=O)N[C@H](CC(N)=O)C(=O)N1CCC[C@H]1C(=O)O. The predicted octanol–water partition coefficient (Wildman–Crippen LogP) is 0.414. The fraction of sp³-hybridized carbons (Fsp3) is 0.756. The topological polar surface area (TPSA) is 348 Å². The van der Waals surface area contributed by atoms with Crippen LogP contribution in [0, 0.1) is 0 Å². The number of carboxylic acids is 2. The highest BCUT2D eigenvalue weighted by Gasteiger charge is 2.39. The van der Waals surface area contributed by atoms with Gasteiger partial charge < -0.3 is 58.9 Å². The average molecular weight is 881 g/mol. The second-order valence-electron chi connectivity index (χ2n) is 15.7. The lowest BCUT2D eigenvalue weighted by molar-refractivity contribution is -0.150. The van der Waals surface area contributed by atoms with Gasteiger partial charge in [-0.1, -0.05) is 96.8 Å². The van der Waals surface area contributed by atoms with Crippen LogP contribution in [0.3, 0.4) is 0 Å². The van der Waals surface area contributed by atoms with E-state index in [1.54, 1.807) is 0 Å². The van der Waals surface area contributed by atoms with Crippen LogP contribution >= 0.6 is 0 Å². The van der Waals surface area contributed by atoms with Gasteiger partial charge >= 0.3 is 11.9 Å². The quantitative estimate of drug-likeness (QED) is 0.0235. The Labute approximate surface area is 364 Å². The van der Waals surface area contributed by atoms with Crippen molar-refractivity contribution in [3.63, 3.8) is 0 Å². The van der Waals surface area contributed by atoms with Crippen molar-refractivity contribution in [1.82, 2.24) is 31.5 Å². The maximum Gasteiger partial charge on any atom is 0.326 e. The fourth-order valence-corrected chi connectivity index (χ4v) is 7.02. The number of amides is 7. The maximum atomic E-state index is 13.2. The lowest BCUT2D eigenvalue weighted by atomic mass is 10.0. The number of carboxylic acid groups (broad SMARTS) is 2. The molecule has 13 N–H and O–H groups in total. The third kappa shape index (κ3) is 25.3. The first kappa shape index (κ1) is 54.5. The van der Waals surface area contributed by atoms with Crippen molar-refractivity contribution in [3.05, 3.63) is 0 Å². The summed E-state index contributed by atoms with van der Waals surface area (Å²) in [6, 6.07) is -5.88. The highest BCUT2D eigenvalue weighted by molar-refractivity contribution is 5.98. The van der Waals surface area contributed by atoms with Crippen LogP contribution in [0.5, 0.6) is 0 Å². The van der Waals surface area contributed by atoms with Gasteiger partial charge in [0.15, 0.2) is 5.96 Å². The first-order chi connectivity index (χ1) is 29.5. The van der Waals surface area contributed by atoms with Crippen molar-refractivity contribution in [2.75, 3.05) is 26.2 Å². The van der Waals surface area contributed by atoms with Crippen molar-refractivity contribution in [2.45, 2.75) is 172 Å². The number of unbranched alkanes of at least 4 members (excludes halogenated alkanes) is 14. The van der Waals surface area contributed by atoms with Crippen LogP contribution in [0.15, 0.2) is 4.99 Å². The number of nitrogens with one attached hydrogen (secondary N) is 5. The lowest BCUT2D eigenvalue weighted by Gasteiger charge is -2.28. The van der Waals surface area contributed by atoms with Gasteiger partial charge in [0.1, 0.15) is 24.2 Å². The third-order valence-electron chi connectivity index (χ3n) is 10.3. The minimum Gasteiger partial charge on any atom is -0.481 e. The molecule has 0 aliphatic carbocycles. The van der Waals surface area contributed by atoms with E-state index < -0.39 is 97.5 Å². The summed E-state index contributed by atoms with van der Waals surface area (Å²) in [5, 5.41) is 30.6. The molecule has 0 aromatic heterocycles. The van der Waals surface area contributed by atoms with Gasteiger partial charge in [0.25, 0.3) is 0 Å². The molecule has 352 valence electrons. The smallest absolute Gasteiger partial charge is 0.326 e. The number of carbonyl (C=O) groups is 9. The van der Waals surface area contributed by atoms with Crippen molar-refractivity contribution in [3.8, 4) is 0 Å². The molecule has 1 aliphatic rings. The van der Waals surface area contributed by atoms with E-state index in [9.17, 15) is 53.4 Å². The number of aliphatic carboxylic acids is 2. The largest absolute Gasteiger partial charge is 0.481 e. The lowest BCUT2D eigenvalue weighted by Crippen LogP contribution is -2.57. The summed E-state index contributed by atoms with van der Waals surface area (Å²) < 4.78 is 0. The molecule has 62 heavy (non-hydrogen) atoms. The Hall–Kier alpha value is -5.50. The van der Waals surface area contributed by atoms with E-state index in [4.69, 9.17) is 17.2 Å². The van der Waals surface area contributed by atoms with E-state index in [0.717, 1.165) is 24.2 Å². The van der Waals surface area contributed by atoms with Crippen LogP contribution in [0.25, 0.3) is 0 Å². The van der Waals surface area contributed by atoms with Crippen LogP contribution in [0.4, 0.5) is 0 Å². The summed E-state index contributed by atoms with van der Waals surface area (Å²) in [5.74, 6) is -8.99. The van der Waals surface area contributed by atoms with Gasteiger partial charge in [-0.15, -0.1) is 0 Å². The van der Waals surface area contributed by atoms with Gasteiger partial charge in [-0.3, -0.25) is 43.3 Å². The molecule has 1 saturated heterocycles. The van der Waals surface area contributed by atoms with E-state index in [1.165, 1.54) is 70.6 Å². The zero-order chi connectivity index (χ0) is 46.3. The normalized spacial score (nSPS) is 14.7. The van der Waals surface area contributed by atoms with Crippen molar-refractivity contribution in [1.29, 1.82) is 0 Å². The number of primary amides is 1. The molecule has 1 rings (SSSR count). The first-order valence-electron chi connectivity index (χ1n) is 22.1. The monoisotopic (exact) mass is 881 g/mol. The average Bonchev–Trinajstić information content (AvgIpc) is 3.71. The second kappa shape index (κ2) is 32.2. The Balaban J connectivity index is 2.64. The van der Waals surface area contributed by atoms with Gasteiger partial charge in [0.2, 0.25) is 41.4 Å². The van der Waals surface area contributed by atoms with Crippen LogP contribution in [-0.2, 0) is 43.2 Å². The van der Waals surface area contributed by atoms with E-state index in [2.05, 4.69) is 38.5 Å². The number of guanidine groups is 1. The molecule has 4 atom stereocenters. The molecule has 21 heteroatoms. The molecule has 0 spiro atoms. The Bertz CT molecular complexity index is 1490. The number of rotatable bonds is 35. The molecule has 7 amide bonds. The second-order valence-corrected chi connectivity index (χ2v) is 15.7. The summed E-state index contributed by atoms with van der Waals surface area (Å²) in [6.45, 7) is 1.18. The predicted molar refractivity (Wildman–Crippen MR) is 230 cm³/mol. The van der Waals surface area contributed by atoms with E-state index >= 15 is 0 Å². The van der Waals surface area contributed by atoms with E-state index in [0.29, 0.717) is 12.8 Å². The molecule has 0 radical (unpaired) electrons. The zero-order valence-electron chi connectivity index (χ0n) is 36.4. The number of nitrogens with two attached hydrogens (primary N) is 3. The van der Waals surface area contributed by atoms with Gasteiger partial charge in [-0.2, -0.15) is 0 Å². The summed E-state index contributed by atoms with van der Waals surface area (Å²) >= 11 is 0. The molecule has 1 aliphatic heterocycles. The Morgan fingerprint density at radius 3 is 1.68 bits per heavy atom. The van der Waals surface area contributed by atoms with Gasteiger partial charge in [-0.05, 0) is 32.1 Å². The number of carbonyl (C=O) groups excluding carboxylic acids is 7. The van der Waals surface area contributed by atoms with Crippen LogP contribution in [-0.4, -0.2) is 125 Å². The minimum atomic E-state index is -1.80. The summed E-state index contributed by atoms with van der Waals surface area (Å²) in [5.41, 5.74) is 16.0. The summed E-state index contributed by atoms with van der Waals surface area (Å²) in [4.78, 5) is 117. The molecule has 0 bridgehead atoms. The van der Waals surface area contributed by atoms with Crippen molar-refractivity contribution in [2.24, 2.45) is 22.2 Å². The minimum absolute atomic E-state index is 0.0160. The Morgan fingerprint density at radius 2 is 1.16 bits per heavy atom. The molecule has 0 aromatic rings. The molecular formula is C41H72N10O11. The first-order valence-corrected chi connectivity index (χ1v) is 22.1. The third-order valence-corrected chi connectivity index (χ3v) is 10.3. The van der Waals surface area contributed by atoms with Gasteiger partial charge in [0.05, 0.1) is 25.9 Å². The van der Waals surface area contributed by atoms with Crippen molar-refractivity contribution < 1.29 is 53.4 Å². The van der Waals surface area contributed by atoms with Gasteiger partial charge in [0, 0.05) is 19.5 Å². The molecule has 0 aromatic carbocycles. The standard InChI is InChI=1S/C41H72N10O11/c1-2-3-4-5-6-7-8-9-10-11-12-13-14-15-16-21-33(53)46-26-34(54)48-28(19-17-22-45-41(43)44)37(58)47-27-35(55)49-29(25-36(56)57)38(59)50-30(24-32(42)52)39(60)51-23-18-20-31(51)40(61)62/h28-31H,2-27H2,1H3,(H2,42,52)(H,46,53)(H,47,58)(H,48,54)(H,49,55)(H,50,59)(H,56,57)(H,61,62)(H4,43,44,45)/t28-,29?,30-,31+/m1/s1. The highest BCUT2D eigenvalue weighted by atomic mass is 16.4. The number of aliphatic imine (C=N–C) groups is 1. The Kier molecular flexibility index (Phi) is 28.4. The maximum absolute atomic E-state index is 13.2.